The second-order valence-electron chi connectivity index (χ2n) is 7.18. The van der Waals surface area contributed by atoms with Crippen LogP contribution in [0.15, 0.2) is 24.3 Å². The van der Waals surface area contributed by atoms with Crippen LogP contribution < -0.4 is 0 Å². The zero-order chi connectivity index (χ0) is 17.4. The van der Waals surface area contributed by atoms with Crippen LogP contribution in [0.2, 0.25) is 0 Å². The van der Waals surface area contributed by atoms with Crippen LogP contribution in [-0.4, -0.2) is 52.6 Å². The average molecular weight is 345 g/mol. The predicted molar refractivity (Wildman–Crippen MR) is 93.3 cm³/mol. The molecule has 2 aliphatic heterocycles. The highest BCUT2D eigenvalue weighted by Crippen LogP contribution is 2.34. The summed E-state index contributed by atoms with van der Waals surface area (Å²) in [6.45, 7) is -0.370. The highest BCUT2D eigenvalue weighted by Gasteiger charge is 2.38. The van der Waals surface area contributed by atoms with Crippen LogP contribution in [0.5, 0.6) is 0 Å². The molecule has 5 nitrogen and oxygen atoms in total. The minimum absolute atomic E-state index is 0.0518. The van der Waals surface area contributed by atoms with Crippen molar-refractivity contribution in [3.05, 3.63) is 30.0 Å². The number of fused-ring (bicyclic) bond motifs is 3. The van der Waals surface area contributed by atoms with Crippen molar-refractivity contribution in [2.75, 3.05) is 13.7 Å². The molecule has 0 radical (unpaired) electrons. The van der Waals surface area contributed by atoms with Gasteiger partial charge in [-0.05, 0) is 26.0 Å². The zero-order valence-corrected chi connectivity index (χ0v) is 14.5. The Morgan fingerprint density at radius 3 is 2.72 bits per heavy atom. The number of nitrogens with zero attached hydrogens (tertiary/aromatic N) is 3. The van der Waals surface area contributed by atoms with Crippen molar-refractivity contribution in [1.82, 2.24) is 14.7 Å². The Bertz CT molecular complexity index is 761. The topological polar surface area (TPSA) is 47.4 Å². The molecule has 4 rings (SSSR count). The molecule has 0 amide bonds. The SMILES string of the molecule is CN1[C@@H]2CCC[C@H]1C[C@H](OC(=O)c1nn(CCF)c3ccccc13)C2. The van der Waals surface area contributed by atoms with Crippen molar-refractivity contribution in [1.29, 1.82) is 0 Å². The summed E-state index contributed by atoms with van der Waals surface area (Å²) in [4.78, 5) is 15.2. The molecule has 2 fully saturated rings. The number of aryl methyl sites for hydroxylation is 1. The van der Waals surface area contributed by atoms with Crippen LogP contribution in [0, 0.1) is 0 Å². The zero-order valence-electron chi connectivity index (χ0n) is 14.5. The first-order valence-electron chi connectivity index (χ1n) is 9.12. The molecule has 2 aromatic rings. The summed E-state index contributed by atoms with van der Waals surface area (Å²) in [5.74, 6) is -0.388. The van der Waals surface area contributed by atoms with Gasteiger partial charge in [-0.3, -0.25) is 4.68 Å². The fourth-order valence-corrected chi connectivity index (χ4v) is 4.40. The third-order valence-electron chi connectivity index (χ3n) is 5.72. The Labute approximate surface area is 146 Å². The average Bonchev–Trinajstić information content (AvgIpc) is 2.95. The van der Waals surface area contributed by atoms with E-state index in [0.717, 1.165) is 23.7 Å². The van der Waals surface area contributed by atoms with E-state index in [9.17, 15) is 9.18 Å². The molecule has 1 aromatic carbocycles. The molecule has 25 heavy (non-hydrogen) atoms. The summed E-state index contributed by atoms with van der Waals surface area (Å²) in [5, 5.41) is 5.05. The molecule has 0 spiro atoms. The molecule has 6 heteroatoms. The summed E-state index contributed by atoms with van der Waals surface area (Å²) >= 11 is 0. The monoisotopic (exact) mass is 345 g/mol. The maximum atomic E-state index is 12.8. The number of hydrogen-bond donors (Lipinski definition) is 0. The van der Waals surface area contributed by atoms with Gasteiger partial charge in [-0.15, -0.1) is 0 Å². The smallest absolute Gasteiger partial charge is 0.359 e. The molecule has 134 valence electrons. The normalized spacial score (nSPS) is 26.7. The molecule has 2 saturated heterocycles. The van der Waals surface area contributed by atoms with Crippen LogP contribution in [0.25, 0.3) is 10.9 Å². The fourth-order valence-electron chi connectivity index (χ4n) is 4.40. The van der Waals surface area contributed by atoms with E-state index in [2.05, 4.69) is 17.0 Å². The van der Waals surface area contributed by atoms with Gasteiger partial charge in [0.1, 0.15) is 12.8 Å². The van der Waals surface area contributed by atoms with E-state index in [0.29, 0.717) is 17.8 Å². The lowest BCUT2D eigenvalue weighted by Gasteiger charge is -2.46. The number of benzene rings is 1. The van der Waals surface area contributed by atoms with E-state index in [-0.39, 0.29) is 18.6 Å². The second-order valence-corrected chi connectivity index (χ2v) is 7.18. The summed E-state index contributed by atoms with van der Waals surface area (Å²) in [6.07, 6.45) is 5.34. The van der Waals surface area contributed by atoms with Crippen LogP contribution >= 0.6 is 0 Å². The van der Waals surface area contributed by atoms with E-state index in [1.165, 1.54) is 19.3 Å². The molecule has 0 aliphatic carbocycles. The maximum absolute atomic E-state index is 12.8. The largest absolute Gasteiger partial charge is 0.457 e. The highest BCUT2D eigenvalue weighted by atomic mass is 19.1. The Morgan fingerprint density at radius 1 is 1.28 bits per heavy atom. The number of hydrogen-bond acceptors (Lipinski definition) is 4. The molecular formula is C19H24FN3O2. The first kappa shape index (κ1) is 16.5. The third kappa shape index (κ3) is 3.03. The molecule has 3 atom stereocenters. The van der Waals surface area contributed by atoms with Gasteiger partial charge in [0, 0.05) is 30.3 Å². The first-order chi connectivity index (χ1) is 12.2. The molecular weight excluding hydrogens is 321 g/mol. The highest BCUT2D eigenvalue weighted by molar-refractivity contribution is 6.02. The lowest BCUT2D eigenvalue weighted by Crippen LogP contribution is -2.52. The van der Waals surface area contributed by atoms with E-state index in [1.54, 1.807) is 4.68 Å². The second kappa shape index (κ2) is 6.75. The van der Waals surface area contributed by atoms with Crippen LogP contribution in [-0.2, 0) is 11.3 Å². The van der Waals surface area contributed by atoms with Gasteiger partial charge < -0.3 is 9.64 Å². The quantitative estimate of drug-likeness (QED) is 0.799. The van der Waals surface area contributed by atoms with Crippen LogP contribution in [0.3, 0.4) is 0 Å². The van der Waals surface area contributed by atoms with E-state index in [1.807, 2.05) is 24.3 Å². The lowest BCUT2D eigenvalue weighted by molar-refractivity contribution is -0.0321. The van der Waals surface area contributed by atoms with E-state index >= 15 is 0 Å². The number of para-hydroxylation sites is 1. The first-order valence-corrected chi connectivity index (χ1v) is 9.12. The minimum Gasteiger partial charge on any atom is -0.457 e. The Morgan fingerprint density at radius 2 is 2.00 bits per heavy atom. The summed E-state index contributed by atoms with van der Waals surface area (Å²) in [6, 6.07) is 8.44. The van der Waals surface area contributed by atoms with Crippen molar-refractivity contribution in [2.45, 2.75) is 56.8 Å². The van der Waals surface area contributed by atoms with E-state index < -0.39 is 6.67 Å². The van der Waals surface area contributed by atoms with Gasteiger partial charge >= 0.3 is 5.97 Å². The van der Waals surface area contributed by atoms with Gasteiger partial charge in [0.25, 0.3) is 0 Å². The number of carbonyl (C=O) groups is 1. The number of alkyl halides is 1. The molecule has 2 aliphatic rings. The van der Waals surface area contributed by atoms with Crippen molar-refractivity contribution >= 4 is 16.9 Å². The number of rotatable bonds is 4. The van der Waals surface area contributed by atoms with Gasteiger partial charge in [-0.1, -0.05) is 24.6 Å². The minimum atomic E-state index is -0.515. The Balaban J connectivity index is 1.54. The molecule has 3 heterocycles. The number of carbonyl (C=O) groups excluding carboxylic acids is 1. The Kier molecular flexibility index (Phi) is 4.46. The van der Waals surface area contributed by atoms with Crippen molar-refractivity contribution in [3.8, 4) is 0 Å². The number of halogens is 1. The number of esters is 1. The predicted octanol–water partition coefficient (Wildman–Crippen LogP) is 3.18. The van der Waals surface area contributed by atoms with Crippen molar-refractivity contribution in [3.63, 3.8) is 0 Å². The standard InChI is InChI=1S/C19H24FN3O2/c1-22-13-5-4-6-14(22)12-15(11-13)25-19(24)18-16-7-2-3-8-17(16)23(21-18)10-9-20/h2-3,7-8,13-15H,4-6,9-12H2,1H3/t13-,14+,15-. The van der Waals surface area contributed by atoms with Crippen LogP contribution in [0.1, 0.15) is 42.6 Å². The molecule has 1 aromatic heterocycles. The summed E-state index contributed by atoms with van der Waals surface area (Å²) in [5.41, 5.74) is 1.07. The van der Waals surface area contributed by atoms with E-state index in [4.69, 9.17) is 4.74 Å². The third-order valence-corrected chi connectivity index (χ3v) is 5.72. The van der Waals surface area contributed by atoms with Gasteiger partial charge in [-0.2, -0.15) is 5.10 Å². The van der Waals surface area contributed by atoms with Crippen molar-refractivity contribution in [2.24, 2.45) is 0 Å². The Hall–Kier alpha value is -1.95. The molecule has 2 bridgehead atoms. The number of piperidine rings is 2. The fraction of sp³-hybridized carbons (Fsp3) is 0.579. The van der Waals surface area contributed by atoms with Crippen molar-refractivity contribution < 1.29 is 13.9 Å². The maximum Gasteiger partial charge on any atom is 0.359 e. The summed E-state index contributed by atoms with van der Waals surface area (Å²) in [7, 11) is 2.18. The number of ether oxygens (including phenoxy) is 1. The van der Waals surface area contributed by atoms with Gasteiger partial charge in [0.2, 0.25) is 0 Å². The lowest BCUT2D eigenvalue weighted by atomic mass is 9.83. The van der Waals surface area contributed by atoms with Crippen LogP contribution in [0.4, 0.5) is 4.39 Å². The molecule has 0 unspecified atom stereocenters. The summed E-state index contributed by atoms with van der Waals surface area (Å²) < 4.78 is 20.2. The molecule has 0 saturated carbocycles. The van der Waals surface area contributed by atoms with Gasteiger partial charge in [0.15, 0.2) is 5.69 Å². The molecule has 0 N–H and O–H groups in total. The van der Waals surface area contributed by atoms with Gasteiger partial charge in [-0.25, -0.2) is 9.18 Å². The van der Waals surface area contributed by atoms with Gasteiger partial charge in [0.05, 0.1) is 12.1 Å². The number of aromatic nitrogens is 2.